The summed E-state index contributed by atoms with van der Waals surface area (Å²) in [4.78, 5) is 27.8. The summed E-state index contributed by atoms with van der Waals surface area (Å²) in [6.45, 7) is 6.06. The van der Waals surface area contributed by atoms with E-state index < -0.39 is 10.8 Å². The lowest BCUT2D eigenvalue weighted by Gasteiger charge is -2.07. The quantitative estimate of drug-likeness (QED) is 0.435. The van der Waals surface area contributed by atoms with Gasteiger partial charge in [0.25, 0.3) is 11.6 Å². The number of aromatic nitrogens is 1. The maximum atomic E-state index is 12.2. The summed E-state index contributed by atoms with van der Waals surface area (Å²) in [5.74, 6) is 0.956. The van der Waals surface area contributed by atoms with Crippen molar-refractivity contribution < 1.29 is 9.72 Å². The van der Waals surface area contributed by atoms with Crippen molar-refractivity contribution >= 4 is 39.8 Å². The van der Waals surface area contributed by atoms with Gasteiger partial charge in [0.05, 0.1) is 15.5 Å². The molecule has 0 aliphatic rings. The third-order valence-corrected chi connectivity index (χ3v) is 5.18. The molecule has 1 heterocycles. The number of nitro benzene ring substituents is 1. The van der Waals surface area contributed by atoms with Crippen molar-refractivity contribution in [3.05, 3.63) is 45.0 Å². The van der Waals surface area contributed by atoms with Crippen molar-refractivity contribution in [3.63, 3.8) is 0 Å². The molecule has 1 amide bonds. The summed E-state index contributed by atoms with van der Waals surface area (Å²) >= 11 is 2.77. The first kappa shape index (κ1) is 18.4. The number of carbonyl (C=O) groups is 1. The Morgan fingerprint density at radius 2 is 2.21 bits per heavy atom. The molecule has 0 fully saturated rings. The molecule has 0 aliphatic carbocycles. The van der Waals surface area contributed by atoms with E-state index in [2.05, 4.69) is 24.1 Å². The van der Waals surface area contributed by atoms with E-state index in [-0.39, 0.29) is 11.3 Å². The van der Waals surface area contributed by atoms with Gasteiger partial charge < -0.3 is 0 Å². The molecule has 0 aliphatic heterocycles. The first-order chi connectivity index (χ1) is 11.4. The van der Waals surface area contributed by atoms with Crippen molar-refractivity contribution in [3.8, 4) is 0 Å². The summed E-state index contributed by atoms with van der Waals surface area (Å²) in [6.07, 6.45) is 0.980. The predicted molar refractivity (Wildman–Crippen MR) is 98.1 cm³/mol. The Morgan fingerprint density at radius 3 is 2.79 bits per heavy atom. The molecule has 0 radical (unpaired) electrons. The first-order valence-electron chi connectivity index (χ1n) is 7.51. The SMILES string of the molecule is Cc1csc(NC(=O)c2ccc(SCCC(C)C)c([N+](=O)[O-])c2)n1. The molecule has 0 atom stereocenters. The van der Waals surface area contributed by atoms with Crippen LogP contribution in [0.2, 0.25) is 0 Å². The van der Waals surface area contributed by atoms with Gasteiger partial charge in [-0.3, -0.25) is 20.2 Å². The lowest BCUT2D eigenvalue weighted by molar-refractivity contribution is -0.387. The van der Waals surface area contributed by atoms with Crippen LogP contribution in [0.3, 0.4) is 0 Å². The van der Waals surface area contributed by atoms with Crippen LogP contribution in [0.25, 0.3) is 0 Å². The van der Waals surface area contributed by atoms with Crippen LogP contribution < -0.4 is 5.32 Å². The molecule has 1 N–H and O–H groups in total. The van der Waals surface area contributed by atoms with Gasteiger partial charge >= 0.3 is 0 Å². The predicted octanol–water partition coefficient (Wildman–Crippen LogP) is 4.75. The molecule has 0 unspecified atom stereocenters. The molecule has 0 saturated heterocycles. The number of thiazole rings is 1. The van der Waals surface area contributed by atoms with Crippen molar-refractivity contribution in [2.45, 2.75) is 32.1 Å². The van der Waals surface area contributed by atoms with Gasteiger partial charge in [0, 0.05) is 17.0 Å². The fourth-order valence-electron chi connectivity index (χ4n) is 1.91. The minimum atomic E-state index is -0.442. The minimum Gasteiger partial charge on any atom is -0.298 e. The Hall–Kier alpha value is -1.93. The van der Waals surface area contributed by atoms with Crippen LogP contribution in [0.1, 0.15) is 36.3 Å². The average Bonchev–Trinajstić information content (AvgIpc) is 2.92. The number of nitrogens with zero attached hydrogens (tertiary/aromatic N) is 2. The van der Waals surface area contributed by atoms with Crippen LogP contribution in [0, 0.1) is 23.0 Å². The maximum absolute atomic E-state index is 12.2. The number of thioether (sulfide) groups is 1. The molecule has 0 spiro atoms. The van der Waals surface area contributed by atoms with Gasteiger partial charge in [-0.15, -0.1) is 23.1 Å². The standard InChI is InChI=1S/C16H19N3O3S2/c1-10(2)6-7-23-14-5-4-12(8-13(14)19(21)22)15(20)18-16-17-11(3)9-24-16/h4-5,8-10H,6-7H2,1-3H3,(H,17,18,20). The Labute approximate surface area is 148 Å². The maximum Gasteiger partial charge on any atom is 0.283 e. The average molecular weight is 365 g/mol. The summed E-state index contributed by atoms with van der Waals surface area (Å²) in [5, 5.41) is 16.3. The highest BCUT2D eigenvalue weighted by Gasteiger charge is 2.18. The second-order valence-electron chi connectivity index (χ2n) is 5.72. The fourth-order valence-corrected chi connectivity index (χ4v) is 3.85. The van der Waals surface area contributed by atoms with Gasteiger partial charge in [0.1, 0.15) is 0 Å². The van der Waals surface area contributed by atoms with E-state index in [0.29, 0.717) is 15.9 Å². The third-order valence-electron chi connectivity index (χ3n) is 3.21. The zero-order valence-corrected chi connectivity index (χ0v) is 15.4. The number of hydrogen-bond acceptors (Lipinski definition) is 6. The summed E-state index contributed by atoms with van der Waals surface area (Å²) in [5.41, 5.74) is 1.03. The molecule has 2 rings (SSSR count). The lowest BCUT2D eigenvalue weighted by atomic mass is 10.2. The second kappa shape index (κ2) is 8.25. The second-order valence-corrected chi connectivity index (χ2v) is 7.71. The molecule has 2 aromatic rings. The monoisotopic (exact) mass is 365 g/mol. The fraction of sp³-hybridized carbons (Fsp3) is 0.375. The van der Waals surface area contributed by atoms with Gasteiger partial charge in [0.15, 0.2) is 5.13 Å². The first-order valence-corrected chi connectivity index (χ1v) is 9.38. The van der Waals surface area contributed by atoms with E-state index in [0.717, 1.165) is 17.9 Å². The zero-order valence-electron chi connectivity index (χ0n) is 13.7. The van der Waals surface area contributed by atoms with Crippen LogP contribution >= 0.6 is 23.1 Å². The molecule has 128 valence electrons. The molecule has 0 bridgehead atoms. The van der Waals surface area contributed by atoms with E-state index in [9.17, 15) is 14.9 Å². The number of anilines is 1. The van der Waals surface area contributed by atoms with E-state index >= 15 is 0 Å². The van der Waals surface area contributed by atoms with Crippen molar-refractivity contribution in [1.82, 2.24) is 4.98 Å². The van der Waals surface area contributed by atoms with Gasteiger partial charge in [-0.1, -0.05) is 13.8 Å². The number of nitro groups is 1. The van der Waals surface area contributed by atoms with E-state index in [1.54, 1.807) is 12.1 Å². The largest absolute Gasteiger partial charge is 0.298 e. The highest BCUT2D eigenvalue weighted by molar-refractivity contribution is 7.99. The molecular weight excluding hydrogens is 346 g/mol. The van der Waals surface area contributed by atoms with Crippen LogP contribution in [0.5, 0.6) is 0 Å². The highest BCUT2D eigenvalue weighted by Crippen LogP contribution is 2.31. The van der Waals surface area contributed by atoms with Crippen LogP contribution in [0.15, 0.2) is 28.5 Å². The molecule has 8 heteroatoms. The van der Waals surface area contributed by atoms with Gasteiger partial charge in [-0.2, -0.15) is 0 Å². The summed E-state index contributed by atoms with van der Waals surface area (Å²) in [6, 6.07) is 4.58. The van der Waals surface area contributed by atoms with E-state index in [1.165, 1.54) is 29.2 Å². The van der Waals surface area contributed by atoms with Gasteiger partial charge in [-0.05, 0) is 37.1 Å². The van der Waals surface area contributed by atoms with Crippen LogP contribution in [-0.2, 0) is 0 Å². The number of aryl methyl sites for hydroxylation is 1. The molecule has 24 heavy (non-hydrogen) atoms. The van der Waals surface area contributed by atoms with Crippen molar-refractivity contribution in [2.75, 3.05) is 11.1 Å². The normalized spacial score (nSPS) is 10.8. The van der Waals surface area contributed by atoms with Gasteiger partial charge in [0.2, 0.25) is 0 Å². The minimum absolute atomic E-state index is 0.0354. The number of benzene rings is 1. The Kier molecular flexibility index (Phi) is 6.33. The Bertz CT molecular complexity index is 744. The van der Waals surface area contributed by atoms with Crippen LogP contribution in [-0.4, -0.2) is 21.6 Å². The number of carbonyl (C=O) groups excluding carboxylic acids is 1. The number of nitrogens with one attached hydrogen (secondary N) is 1. The molecule has 1 aromatic heterocycles. The van der Waals surface area contributed by atoms with Crippen molar-refractivity contribution in [2.24, 2.45) is 5.92 Å². The summed E-state index contributed by atoms with van der Waals surface area (Å²) < 4.78 is 0. The smallest absolute Gasteiger partial charge is 0.283 e. The van der Waals surface area contributed by atoms with E-state index in [1.807, 2.05) is 12.3 Å². The molecule has 0 saturated carbocycles. The van der Waals surface area contributed by atoms with Crippen molar-refractivity contribution in [1.29, 1.82) is 0 Å². The number of amides is 1. The molecule has 1 aromatic carbocycles. The lowest BCUT2D eigenvalue weighted by Crippen LogP contribution is -2.12. The number of hydrogen-bond donors (Lipinski definition) is 1. The summed E-state index contributed by atoms with van der Waals surface area (Å²) in [7, 11) is 0. The zero-order chi connectivity index (χ0) is 17.7. The Morgan fingerprint density at radius 1 is 1.46 bits per heavy atom. The highest BCUT2D eigenvalue weighted by atomic mass is 32.2. The van der Waals surface area contributed by atoms with E-state index in [4.69, 9.17) is 0 Å². The van der Waals surface area contributed by atoms with Crippen LogP contribution in [0.4, 0.5) is 10.8 Å². The molecule has 6 nitrogen and oxygen atoms in total. The third kappa shape index (κ3) is 5.04. The Balaban J connectivity index is 2.15. The number of rotatable bonds is 7. The molecular formula is C16H19N3O3S2. The van der Waals surface area contributed by atoms with Gasteiger partial charge in [-0.25, -0.2) is 4.98 Å². The topological polar surface area (TPSA) is 85.1 Å².